The van der Waals surface area contributed by atoms with Gasteiger partial charge in [0.05, 0.1) is 19.1 Å². The zero-order valence-corrected chi connectivity index (χ0v) is 12.9. The van der Waals surface area contributed by atoms with E-state index in [9.17, 15) is 9.59 Å². The Labute approximate surface area is 126 Å². The summed E-state index contributed by atoms with van der Waals surface area (Å²) in [5, 5.41) is 0. The Kier molecular flexibility index (Phi) is 5.99. The number of ether oxygens (including phenoxy) is 1. The molecule has 2 aliphatic rings. The van der Waals surface area contributed by atoms with Crippen molar-refractivity contribution in [2.75, 3.05) is 39.3 Å². The fourth-order valence-corrected chi connectivity index (χ4v) is 3.06. The lowest BCUT2D eigenvalue weighted by Gasteiger charge is -2.35. The minimum atomic E-state index is -0.168. The maximum absolute atomic E-state index is 12.4. The second-order valence-electron chi connectivity index (χ2n) is 6.04. The highest BCUT2D eigenvalue weighted by atomic mass is 16.5. The molecule has 0 radical (unpaired) electrons. The van der Waals surface area contributed by atoms with Gasteiger partial charge in [0.2, 0.25) is 5.91 Å². The van der Waals surface area contributed by atoms with Crippen LogP contribution in [0.2, 0.25) is 0 Å². The Hall–Kier alpha value is -1.14. The highest BCUT2D eigenvalue weighted by Crippen LogP contribution is 2.18. The van der Waals surface area contributed by atoms with Crippen molar-refractivity contribution in [1.29, 1.82) is 0 Å². The van der Waals surface area contributed by atoms with Crippen molar-refractivity contribution in [3.8, 4) is 0 Å². The first kappa shape index (κ1) is 16.2. The molecule has 120 valence electrons. The summed E-state index contributed by atoms with van der Waals surface area (Å²) >= 11 is 0. The van der Waals surface area contributed by atoms with Gasteiger partial charge in [0.25, 0.3) is 0 Å². The fraction of sp³-hybridized carbons (Fsp3) is 0.867. The van der Waals surface area contributed by atoms with Gasteiger partial charge < -0.3 is 15.4 Å². The monoisotopic (exact) mass is 297 g/mol. The number of esters is 1. The van der Waals surface area contributed by atoms with Gasteiger partial charge in [0, 0.05) is 32.2 Å². The molecule has 0 aromatic carbocycles. The van der Waals surface area contributed by atoms with E-state index in [2.05, 4.69) is 4.90 Å². The third-order valence-corrected chi connectivity index (χ3v) is 4.39. The molecular formula is C15H27N3O3. The maximum Gasteiger partial charge on any atom is 0.310 e. The highest BCUT2D eigenvalue weighted by molar-refractivity contribution is 5.80. The van der Waals surface area contributed by atoms with E-state index in [0.717, 1.165) is 45.3 Å². The molecule has 2 fully saturated rings. The van der Waals surface area contributed by atoms with E-state index in [4.69, 9.17) is 10.5 Å². The quantitative estimate of drug-likeness (QED) is 0.751. The van der Waals surface area contributed by atoms with Crippen molar-refractivity contribution in [3.63, 3.8) is 0 Å². The molecule has 1 atom stereocenters. The molecule has 21 heavy (non-hydrogen) atoms. The molecule has 2 rings (SSSR count). The van der Waals surface area contributed by atoms with Crippen LogP contribution in [0.3, 0.4) is 0 Å². The summed E-state index contributed by atoms with van der Waals surface area (Å²) in [5.74, 6) is -0.198. The molecule has 0 bridgehead atoms. The predicted octanol–water partition coefficient (Wildman–Crippen LogP) is 0.211. The fourth-order valence-electron chi connectivity index (χ4n) is 3.06. The van der Waals surface area contributed by atoms with E-state index in [1.54, 1.807) is 0 Å². The number of rotatable bonds is 4. The summed E-state index contributed by atoms with van der Waals surface area (Å²) in [7, 11) is 0. The smallest absolute Gasteiger partial charge is 0.310 e. The number of amides is 1. The van der Waals surface area contributed by atoms with Gasteiger partial charge in [-0.1, -0.05) is 0 Å². The van der Waals surface area contributed by atoms with Crippen LogP contribution in [0.1, 0.15) is 32.6 Å². The van der Waals surface area contributed by atoms with Gasteiger partial charge >= 0.3 is 5.97 Å². The van der Waals surface area contributed by atoms with Gasteiger partial charge in [-0.05, 0) is 32.6 Å². The Morgan fingerprint density at radius 3 is 2.57 bits per heavy atom. The van der Waals surface area contributed by atoms with E-state index < -0.39 is 0 Å². The summed E-state index contributed by atoms with van der Waals surface area (Å²) in [6.07, 6.45) is 3.61. The van der Waals surface area contributed by atoms with Gasteiger partial charge in [0.1, 0.15) is 0 Å². The van der Waals surface area contributed by atoms with Crippen LogP contribution in [0.15, 0.2) is 0 Å². The first-order valence-corrected chi connectivity index (χ1v) is 8.02. The van der Waals surface area contributed by atoms with Crippen molar-refractivity contribution < 1.29 is 14.3 Å². The van der Waals surface area contributed by atoms with Crippen molar-refractivity contribution in [2.24, 2.45) is 11.7 Å². The lowest BCUT2D eigenvalue weighted by molar-refractivity contribution is -0.151. The molecule has 1 unspecified atom stereocenters. The lowest BCUT2D eigenvalue weighted by Crippen LogP contribution is -2.49. The highest BCUT2D eigenvalue weighted by Gasteiger charge is 2.30. The minimum Gasteiger partial charge on any atom is -0.466 e. The van der Waals surface area contributed by atoms with Crippen LogP contribution >= 0.6 is 0 Å². The molecule has 0 aliphatic carbocycles. The first-order chi connectivity index (χ1) is 10.1. The molecule has 2 N–H and O–H groups in total. The number of nitrogens with zero attached hydrogens (tertiary/aromatic N) is 2. The topological polar surface area (TPSA) is 75.9 Å². The molecule has 2 saturated heterocycles. The normalized spacial score (nSPS) is 24.9. The summed E-state index contributed by atoms with van der Waals surface area (Å²) in [4.78, 5) is 28.2. The van der Waals surface area contributed by atoms with E-state index in [-0.39, 0.29) is 23.8 Å². The molecule has 6 nitrogen and oxygen atoms in total. The molecule has 2 aliphatic heterocycles. The minimum absolute atomic E-state index is 0.125. The van der Waals surface area contributed by atoms with Crippen LogP contribution in [0.5, 0.6) is 0 Å². The van der Waals surface area contributed by atoms with Crippen LogP contribution in [0, 0.1) is 5.92 Å². The summed E-state index contributed by atoms with van der Waals surface area (Å²) in [6, 6.07) is 0.277. The van der Waals surface area contributed by atoms with Crippen LogP contribution in [0.4, 0.5) is 0 Å². The van der Waals surface area contributed by atoms with Crippen molar-refractivity contribution in [1.82, 2.24) is 9.80 Å². The molecule has 0 spiro atoms. The van der Waals surface area contributed by atoms with Gasteiger partial charge in [-0.3, -0.25) is 14.5 Å². The maximum atomic E-state index is 12.4. The average molecular weight is 297 g/mol. The zero-order valence-electron chi connectivity index (χ0n) is 12.9. The van der Waals surface area contributed by atoms with E-state index in [0.29, 0.717) is 19.7 Å². The number of nitrogens with two attached hydrogens (primary N) is 1. The van der Waals surface area contributed by atoms with E-state index >= 15 is 0 Å². The molecule has 1 amide bonds. The van der Waals surface area contributed by atoms with Crippen LogP contribution in [-0.2, 0) is 14.3 Å². The lowest BCUT2D eigenvalue weighted by atomic mass is 9.98. The standard InChI is InChI=1S/C15H27N3O3/c1-2-21-15(20)12-4-3-7-18(10-12)14(19)11-17-8-5-13(16)6-9-17/h12-13H,2-11,16H2,1H3. The summed E-state index contributed by atoms with van der Waals surface area (Å²) in [5.41, 5.74) is 5.88. The zero-order chi connectivity index (χ0) is 15.2. The van der Waals surface area contributed by atoms with Crippen LogP contribution in [0.25, 0.3) is 0 Å². The molecule has 0 saturated carbocycles. The van der Waals surface area contributed by atoms with Crippen molar-refractivity contribution in [2.45, 2.75) is 38.6 Å². The Balaban J connectivity index is 1.80. The van der Waals surface area contributed by atoms with Gasteiger partial charge in [0.15, 0.2) is 0 Å². The third-order valence-electron chi connectivity index (χ3n) is 4.39. The SMILES string of the molecule is CCOC(=O)C1CCCN(C(=O)CN2CCC(N)CC2)C1. The van der Waals surface area contributed by atoms with Crippen LogP contribution in [-0.4, -0.2) is 67.0 Å². The molecule has 6 heteroatoms. The summed E-state index contributed by atoms with van der Waals surface area (Å²) in [6.45, 7) is 5.70. The van der Waals surface area contributed by atoms with Crippen molar-refractivity contribution >= 4 is 11.9 Å². The first-order valence-electron chi connectivity index (χ1n) is 8.02. The largest absolute Gasteiger partial charge is 0.466 e. The van der Waals surface area contributed by atoms with E-state index in [1.807, 2.05) is 11.8 Å². The molecule has 2 heterocycles. The second-order valence-corrected chi connectivity index (χ2v) is 6.04. The second kappa shape index (κ2) is 7.75. The van der Waals surface area contributed by atoms with Gasteiger partial charge in [-0.2, -0.15) is 0 Å². The number of likely N-dealkylation sites (tertiary alicyclic amines) is 2. The van der Waals surface area contributed by atoms with Gasteiger partial charge in [-0.15, -0.1) is 0 Å². The Bertz CT molecular complexity index is 367. The number of hydrogen-bond acceptors (Lipinski definition) is 5. The number of hydrogen-bond donors (Lipinski definition) is 1. The van der Waals surface area contributed by atoms with E-state index in [1.165, 1.54) is 0 Å². The van der Waals surface area contributed by atoms with Crippen molar-refractivity contribution in [3.05, 3.63) is 0 Å². The number of carbonyl (C=O) groups is 2. The molecule has 0 aromatic rings. The summed E-state index contributed by atoms with van der Waals surface area (Å²) < 4.78 is 5.07. The molecular weight excluding hydrogens is 270 g/mol. The number of carbonyl (C=O) groups excluding carboxylic acids is 2. The third kappa shape index (κ3) is 4.68. The molecule has 0 aromatic heterocycles. The predicted molar refractivity (Wildman–Crippen MR) is 79.6 cm³/mol. The van der Waals surface area contributed by atoms with Gasteiger partial charge in [-0.25, -0.2) is 0 Å². The number of piperidine rings is 2. The van der Waals surface area contributed by atoms with Crippen LogP contribution < -0.4 is 5.73 Å². The Morgan fingerprint density at radius 2 is 1.90 bits per heavy atom. The average Bonchev–Trinajstić information content (AvgIpc) is 2.50. The Morgan fingerprint density at radius 1 is 1.19 bits per heavy atom.